The number of carbonyl (C=O) groups excluding carboxylic acids is 2. The van der Waals surface area contributed by atoms with Crippen LogP contribution in [0.5, 0.6) is 0 Å². The minimum absolute atomic E-state index is 0.137. The van der Waals surface area contributed by atoms with E-state index in [1.807, 2.05) is 24.0 Å². The highest BCUT2D eigenvalue weighted by Crippen LogP contribution is 2.43. The maximum absolute atomic E-state index is 13.6. The molecule has 4 aliphatic carbocycles. The van der Waals surface area contributed by atoms with E-state index < -0.39 is 41.4 Å². The Kier molecular flexibility index (Phi) is 7.40. The van der Waals surface area contributed by atoms with Crippen LogP contribution in [0.4, 0.5) is 4.39 Å². The molecule has 2 heterocycles. The lowest BCUT2D eigenvalue weighted by Crippen LogP contribution is -2.55. The van der Waals surface area contributed by atoms with Gasteiger partial charge >= 0.3 is 5.97 Å². The number of aliphatic hydroxyl groups excluding tert-OH is 1. The van der Waals surface area contributed by atoms with Gasteiger partial charge in [-0.15, -0.1) is 0 Å². The number of carboxylic acid groups (broad SMARTS) is 1. The zero-order valence-corrected chi connectivity index (χ0v) is 23.2. The number of aliphatic carboxylic acids is 1. The highest BCUT2D eigenvalue weighted by molar-refractivity contribution is 5.88. The molecule has 0 aromatic heterocycles. The summed E-state index contributed by atoms with van der Waals surface area (Å²) in [5.41, 5.74) is -0.508. The number of rotatable bonds is 7. The molecule has 9 atom stereocenters. The van der Waals surface area contributed by atoms with Crippen molar-refractivity contribution in [3.63, 3.8) is 0 Å². The van der Waals surface area contributed by atoms with E-state index in [4.69, 9.17) is 4.74 Å². The molecule has 2 aliphatic heterocycles. The molecule has 9 nitrogen and oxygen atoms in total. The third-order valence-electron chi connectivity index (χ3n) is 9.90. The van der Waals surface area contributed by atoms with Crippen molar-refractivity contribution in [3.8, 4) is 0 Å². The van der Waals surface area contributed by atoms with Crippen LogP contribution in [-0.2, 0) is 19.1 Å². The average Bonchev–Trinajstić information content (AvgIpc) is 3.42. The van der Waals surface area contributed by atoms with Gasteiger partial charge in [0.1, 0.15) is 23.4 Å². The predicted molar refractivity (Wildman–Crippen MR) is 147 cm³/mol. The Bertz CT molecular complexity index is 1270. The number of hydrogen-bond acceptors (Lipinski definition) is 6. The van der Waals surface area contributed by atoms with Crippen LogP contribution < -0.4 is 10.6 Å². The topological polar surface area (TPSA) is 128 Å². The van der Waals surface area contributed by atoms with Crippen molar-refractivity contribution in [3.05, 3.63) is 59.9 Å². The van der Waals surface area contributed by atoms with Crippen molar-refractivity contribution in [2.75, 3.05) is 13.1 Å². The van der Waals surface area contributed by atoms with Crippen LogP contribution in [0.25, 0.3) is 0 Å². The van der Waals surface area contributed by atoms with Crippen LogP contribution in [0.15, 0.2) is 59.9 Å². The molecular weight excluding hydrogens is 529 g/mol. The number of nitrogens with one attached hydrogen (secondary N) is 2. The summed E-state index contributed by atoms with van der Waals surface area (Å²) >= 11 is 0. The molecule has 2 fully saturated rings. The van der Waals surface area contributed by atoms with E-state index in [1.165, 1.54) is 12.2 Å². The summed E-state index contributed by atoms with van der Waals surface area (Å²) in [5.74, 6) is -1.39. The normalized spacial score (nSPS) is 38.0. The molecule has 0 aromatic carbocycles. The summed E-state index contributed by atoms with van der Waals surface area (Å²) in [6.07, 6.45) is 14.6. The molecule has 0 radical (unpaired) electrons. The Hall–Kier alpha value is -3.24. The Balaban J connectivity index is 1.06. The van der Waals surface area contributed by atoms with Gasteiger partial charge in [0.05, 0.1) is 24.1 Å². The molecular formula is C31H38FN3O6. The molecule has 8 unspecified atom stereocenters. The summed E-state index contributed by atoms with van der Waals surface area (Å²) in [5, 5.41) is 26.9. The number of aliphatic hydroxyl groups is 1. The number of allylic oxidation sites excluding steroid dienone is 4. The van der Waals surface area contributed by atoms with Gasteiger partial charge in [-0.05, 0) is 75.2 Å². The Labute approximate surface area is 238 Å². The molecule has 0 aromatic rings. The van der Waals surface area contributed by atoms with E-state index in [0.29, 0.717) is 31.8 Å². The number of hydrogen-bond donors (Lipinski definition) is 4. The third kappa shape index (κ3) is 5.39. The number of carboxylic acids is 1. The zero-order valence-electron chi connectivity index (χ0n) is 23.2. The lowest BCUT2D eigenvalue weighted by molar-refractivity contribution is -0.142. The Morgan fingerprint density at radius 1 is 1.17 bits per heavy atom. The lowest BCUT2D eigenvalue weighted by atomic mass is 9.71. The minimum Gasteiger partial charge on any atom is -0.480 e. The van der Waals surface area contributed by atoms with Crippen molar-refractivity contribution in [2.45, 2.75) is 63.3 Å². The Morgan fingerprint density at radius 3 is 2.78 bits per heavy atom. The van der Waals surface area contributed by atoms with E-state index in [9.17, 15) is 29.0 Å². The van der Waals surface area contributed by atoms with Gasteiger partial charge in [-0.3, -0.25) is 19.7 Å². The summed E-state index contributed by atoms with van der Waals surface area (Å²) < 4.78 is 19.1. The third-order valence-corrected chi connectivity index (χ3v) is 9.90. The van der Waals surface area contributed by atoms with Crippen molar-refractivity contribution < 1.29 is 33.7 Å². The number of amides is 2. The minimum atomic E-state index is -1.47. The largest absolute Gasteiger partial charge is 0.480 e. The van der Waals surface area contributed by atoms with Gasteiger partial charge in [0.2, 0.25) is 11.8 Å². The number of piperidine rings is 1. The number of fused-ring (bicyclic) bond motifs is 2. The predicted octanol–water partition coefficient (Wildman–Crippen LogP) is 2.92. The summed E-state index contributed by atoms with van der Waals surface area (Å²) in [6, 6.07) is -0.699. The van der Waals surface area contributed by atoms with E-state index in [0.717, 1.165) is 30.6 Å². The van der Waals surface area contributed by atoms with Crippen LogP contribution in [-0.4, -0.2) is 63.8 Å². The van der Waals surface area contributed by atoms with Crippen LogP contribution in [0, 0.1) is 35.5 Å². The molecule has 220 valence electrons. The van der Waals surface area contributed by atoms with Crippen LogP contribution >= 0.6 is 0 Å². The monoisotopic (exact) mass is 567 g/mol. The van der Waals surface area contributed by atoms with Crippen LogP contribution in [0.1, 0.15) is 45.4 Å². The highest BCUT2D eigenvalue weighted by Gasteiger charge is 2.63. The fraction of sp³-hybridized carbons (Fsp3) is 0.581. The standard InChI is InChI=1S/C31H38FN3O6/c1-17-11-22-16-35(29(38)21-6-5-18-8-10-41-25(18)14-21)9-7-19(22)13-24(17)28(37)34-31(30(39)40)15-26(31)33-27(36)20-3-2-4-23(32)12-20/h2,4,8,10-12,14,18-22,24,26,28,34,37H,3,5-7,9,13,15-16H2,1H3,(H,33,36)(H,39,40)/t18?,19?,20-,21?,22?,24?,26?,28?,31?/m1/s1. The molecule has 2 amide bonds. The van der Waals surface area contributed by atoms with Gasteiger partial charge in [-0.25, -0.2) is 4.39 Å². The molecule has 0 spiro atoms. The lowest BCUT2D eigenvalue weighted by Gasteiger charge is -2.44. The first-order chi connectivity index (χ1) is 19.6. The van der Waals surface area contributed by atoms with Crippen LogP contribution in [0.2, 0.25) is 0 Å². The number of carbonyl (C=O) groups is 3. The van der Waals surface area contributed by atoms with E-state index in [1.54, 1.807) is 12.3 Å². The highest BCUT2D eigenvalue weighted by atomic mass is 19.1. The van der Waals surface area contributed by atoms with Crippen molar-refractivity contribution >= 4 is 17.8 Å². The average molecular weight is 568 g/mol. The molecule has 0 bridgehead atoms. The maximum Gasteiger partial charge on any atom is 0.326 e. The first-order valence-corrected chi connectivity index (χ1v) is 14.7. The number of ether oxygens (including phenoxy) is 1. The van der Waals surface area contributed by atoms with Crippen molar-refractivity contribution in [2.24, 2.45) is 35.5 Å². The van der Waals surface area contributed by atoms with Gasteiger partial charge in [-0.2, -0.15) is 0 Å². The summed E-state index contributed by atoms with van der Waals surface area (Å²) in [6.45, 7) is 3.24. The molecule has 41 heavy (non-hydrogen) atoms. The van der Waals surface area contributed by atoms with E-state index in [-0.39, 0.29) is 36.0 Å². The molecule has 1 saturated heterocycles. The summed E-state index contributed by atoms with van der Waals surface area (Å²) in [4.78, 5) is 40.2. The molecule has 6 aliphatic rings. The fourth-order valence-corrected chi connectivity index (χ4v) is 7.29. The second-order valence-corrected chi connectivity index (χ2v) is 12.5. The number of halogens is 1. The van der Waals surface area contributed by atoms with E-state index in [2.05, 4.69) is 16.7 Å². The first kappa shape index (κ1) is 27.9. The maximum atomic E-state index is 13.6. The second-order valence-electron chi connectivity index (χ2n) is 12.5. The van der Waals surface area contributed by atoms with Crippen molar-refractivity contribution in [1.82, 2.24) is 15.5 Å². The van der Waals surface area contributed by atoms with Gasteiger partial charge < -0.3 is 25.2 Å². The molecule has 6 rings (SSSR count). The first-order valence-electron chi connectivity index (χ1n) is 14.7. The second kappa shape index (κ2) is 10.9. The van der Waals surface area contributed by atoms with Gasteiger partial charge in [-0.1, -0.05) is 17.7 Å². The number of likely N-dealkylation sites (tertiary alicyclic amines) is 1. The molecule has 4 N–H and O–H groups in total. The van der Waals surface area contributed by atoms with Crippen LogP contribution in [0.3, 0.4) is 0 Å². The van der Waals surface area contributed by atoms with Crippen molar-refractivity contribution in [1.29, 1.82) is 0 Å². The molecule has 10 heteroatoms. The fourth-order valence-electron chi connectivity index (χ4n) is 7.29. The van der Waals surface area contributed by atoms with Gasteiger partial charge in [0.15, 0.2) is 0 Å². The smallest absolute Gasteiger partial charge is 0.326 e. The quantitative estimate of drug-likeness (QED) is 0.275. The zero-order chi connectivity index (χ0) is 28.9. The van der Waals surface area contributed by atoms with Gasteiger partial charge in [0, 0.05) is 31.3 Å². The molecule has 1 saturated carbocycles. The van der Waals surface area contributed by atoms with E-state index >= 15 is 0 Å². The number of nitrogens with zero attached hydrogens (tertiary/aromatic N) is 1. The Morgan fingerprint density at radius 2 is 2.00 bits per heavy atom. The van der Waals surface area contributed by atoms with Gasteiger partial charge in [0.25, 0.3) is 0 Å². The summed E-state index contributed by atoms with van der Waals surface area (Å²) in [7, 11) is 0. The SMILES string of the molecule is CC1=CC2CN(C(=O)C3C=C4OC=CC4CC3)CCC2CC1C(O)NC1(C(=O)O)CC1NC(=O)[C@H]1C=C(F)C=CC1.